The van der Waals surface area contributed by atoms with Gasteiger partial charge < -0.3 is 9.88 Å². The molecule has 0 saturated carbocycles. The van der Waals surface area contributed by atoms with Crippen LogP contribution < -0.4 is 5.32 Å². The third-order valence-corrected chi connectivity index (χ3v) is 7.02. The largest absolute Gasteiger partial charge is 0.356 e. The molecule has 39 heavy (non-hydrogen) atoms. The van der Waals surface area contributed by atoms with Crippen LogP contribution >= 0.6 is 11.6 Å². The van der Waals surface area contributed by atoms with Crippen LogP contribution in [0.25, 0.3) is 10.9 Å². The zero-order chi connectivity index (χ0) is 27.2. The summed E-state index contributed by atoms with van der Waals surface area (Å²) in [5, 5.41) is 16.0. The van der Waals surface area contributed by atoms with Crippen LogP contribution in [-0.2, 0) is 17.8 Å². The van der Waals surface area contributed by atoms with Gasteiger partial charge >= 0.3 is 0 Å². The fraction of sp³-hybridized carbons (Fsp3) is 0.161. The maximum absolute atomic E-state index is 13.2. The lowest BCUT2D eigenvalue weighted by Crippen LogP contribution is -2.27. The van der Waals surface area contributed by atoms with Crippen molar-refractivity contribution in [1.29, 1.82) is 0 Å². The van der Waals surface area contributed by atoms with Crippen LogP contribution in [0, 0.1) is 10.1 Å². The van der Waals surface area contributed by atoms with Crippen LogP contribution in [0.5, 0.6) is 0 Å². The van der Waals surface area contributed by atoms with E-state index < -0.39 is 0 Å². The SMILES string of the molecule is O=C(C[C@H](c1ccc(Cl)cc1)c1cn(Cc2ccccc2)c2ccc([N+](=O)[O-])cc12)NCCc1ccccn1. The van der Waals surface area contributed by atoms with E-state index in [1.54, 1.807) is 30.5 Å². The lowest BCUT2D eigenvalue weighted by atomic mass is 9.88. The second-order valence-corrected chi connectivity index (χ2v) is 9.82. The molecule has 0 spiro atoms. The first-order valence-electron chi connectivity index (χ1n) is 12.7. The van der Waals surface area contributed by atoms with Crippen LogP contribution in [0.1, 0.15) is 34.7 Å². The Hall–Kier alpha value is -4.49. The van der Waals surface area contributed by atoms with E-state index in [4.69, 9.17) is 11.6 Å². The second-order valence-electron chi connectivity index (χ2n) is 9.39. The number of nitrogens with zero attached hydrogens (tertiary/aromatic N) is 3. The van der Waals surface area contributed by atoms with Crippen molar-refractivity contribution < 1.29 is 9.72 Å². The number of fused-ring (bicyclic) bond motifs is 1. The number of nitrogens with one attached hydrogen (secondary N) is 1. The number of rotatable bonds is 10. The van der Waals surface area contributed by atoms with E-state index in [-0.39, 0.29) is 28.9 Å². The van der Waals surface area contributed by atoms with E-state index in [0.29, 0.717) is 24.5 Å². The molecule has 2 heterocycles. The van der Waals surface area contributed by atoms with E-state index in [1.165, 1.54) is 6.07 Å². The smallest absolute Gasteiger partial charge is 0.270 e. The topological polar surface area (TPSA) is 90.1 Å². The monoisotopic (exact) mass is 538 g/mol. The standard InChI is InChI=1S/C31H27ClN4O3/c32-24-11-9-23(10-12-24)27(19-31(37)34-17-15-25-8-4-5-16-33-25)29-21-35(20-22-6-2-1-3-7-22)30-14-13-26(36(38)39)18-28(29)30/h1-14,16,18,21,27H,15,17,19-20H2,(H,34,37)/t27-/m1/s1. The van der Waals surface area contributed by atoms with E-state index in [0.717, 1.165) is 33.3 Å². The molecule has 0 aliphatic rings. The van der Waals surface area contributed by atoms with E-state index in [9.17, 15) is 14.9 Å². The second kappa shape index (κ2) is 11.9. The number of hydrogen-bond donors (Lipinski definition) is 1. The lowest BCUT2D eigenvalue weighted by molar-refractivity contribution is -0.384. The quantitative estimate of drug-likeness (QED) is 0.162. The highest BCUT2D eigenvalue weighted by molar-refractivity contribution is 6.30. The van der Waals surface area contributed by atoms with E-state index in [2.05, 4.69) is 14.9 Å². The molecule has 1 N–H and O–H groups in total. The highest BCUT2D eigenvalue weighted by Gasteiger charge is 2.24. The third-order valence-electron chi connectivity index (χ3n) is 6.77. The minimum absolute atomic E-state index is 0.0101. The van der Waals surface area contributed by atoms with Gasteiger partial charge in [-0.2, -0.15) is 0 Å². The molecule has 8 heteroatoms. The van der Waals surface area contributed by atoms with Gasteiger partial charge in [0.2, 0.25) is 5.91 Å². The molecule has 5 rings (SSSR count). The molecule has 196 valence electrons. The van der Waals surface area contributed by atoms with Gasteiger partial charge in [-0.05, 0) is 47.0 Å². The Kier molecular flexibility index (Phi) is 7.99. The van der Waals surface area contributed by atoms with Crippen LogP contribution in [-0.4, -0.2) is 26.9 Å². The third kappa shape index (κ3) is 6.33. The molecule has 0 bridgehead atoms. The van der Waals surface area contributed by atoms with E-state index in [1.807, 2.05) is 66.9 Å². The predicted octanol–water partition coefficient (Wildman–Crippen LogP) is 6.53. The molecule has 7 nitrogen and oxygen atoms in total. The maximum atomic E-state index is 13.2. The molecule has 0 radical (unpaired) electrons. The number of pyridine rings is 1. The summed E-state index contributed by atoms with van der Waals surface area (Å²) in [6.45, 7) is 1.06. The molecule has 0 fully saturated rings. The molecule has 1 amide bonds. The number of nitro benzene ring substituents is 1. The number of amides is 1. The number of hydrogen-bond acceptors (Lipinski definition) is 4. The Bertz CT molecular complexity index is 1590. The average Bonchev–Trinajstić information content (AvgIpc) is 3.30. The van der Waals surface area contributed by atoms with Gasteiger partial charge in [-0.3, -0.25) is 19.9 Å². The van der Waals surface area contributed by atoms with Gasteiger partial charge in [-0.1, -0.05) is 60.1 Å². The predicted molar refractivity (Wildman–Crippen MR) is 153 cm³/mol. The summed E-state index contributed by atoms with van der Waals surface area (Å²) < 4.78 is 2.09. The van der Waals surface area contributed by atoms with Crippen LogP contribution in [0.15, 0.2) is 103 Å². The van der Waals surface area contributed by atoms with Crippen molar-refractivity contribution in [2.24, 2.45) is 0 Å². The molecule has 0 aliphatic heterocycles. The fourth-order valence-corrected chi connectivity index (χ4v) is 4.98. The molecule has 2 aromatic heterocycles. The molecule has 1 atom stereocenters. The minimum atomic E-state index is -0.390. The molecule has 5 aromatic rings. The van der Waals surface area contributed by atoms with Gasteiger partial charge in [0.25, 0.3) is 5.69 Å². The van der Waals surface area contributed by atoms with Gasteiger partial charge in [-0.25, -0.2) is 0 Å². The summed E-state index contributed by atoms with van der Waals surface area (Å²) in [7, 11) is 0. The van der Waals surface area contributed by atoms with Gasteiger partial charge in [0, 0.05) is 78.0 Å². The average molecular weight is 539 g/mol. The zero-order valence-electron chi connectivity index (χ0n) is 21.2. The number of non-ortho nitro benzene ring substituents is 1. The summed E-state index contributed by atoms with van der Waals surface area (Å²) in [5.74, 6) is -0.445. The van der Waals surface area contributed by atoms with Crippen molar-refractivity contribution in [2.45, 2.75) is 25.3 Å². The Morgan fingerprint density at radius 2 is 1.77 bits per heavy atom. The highest BCUT2D eigenvalue weighted by Crippen LogP contribution is 2.37. The van der Waals surface area contributed by atoms with Crippen molar-refractivity contribution in [3.63, 3.8) is 0 Å². The van der Waals surface area contributed by atoms with Crippen molar-refractivity contribution in [2.75, 3.05) is 6.54 Å². The highest BCUT2D eigenvalue weighted by atomic mass is 35.5. The van der Waals surface area contributed by atoms with Crippen molar-refractivity contribution in [3.05, 3.63) is 141 Å². The van der Waals surface area contributed by atoms with Crippen LogP contribution in [0.4, 0.5) is 5.69 Å². The van der Waals surface area contributed by atoms with Gasteiger partial charge in [0.05, 0.1) is 4.92 Å². The van der Waals surface area contributed by atoms with Crippen molar-refractivity contribution in [3.8, 4) is 0 Å². The van der Waals surface area contributed by atoms with Crippen LogP contribution in [0.2, 0.25) is 5.02 Å². The zero-order valence-corrected chi connectivity index (χ0v) is 21.9. The number of benzene rings is 3. The number of carbonyl (C=O) groups excluding carboxylic acids is 1. The Balaban J connectivity index is 1.51. The van der Waals surface area contributed by atoms with Gasteiger partial charge in [0.15, 0.2) is 0 Å². The van der Waals surface area contributed by atoms with Gasteiger partial charge in [-0.15, -0.1) is 0 Å². The Morgan fingerprint density at radius 3 is 2.49 bits per heavy atom. The molecule has 0 unspecified atom stereocenters. The normalized spacial score (nSPS) is 11.8. The minimum Gasteiger partial charge on any atom is -0.356 e. The number of halogens is 1. The maximum Gasteiger partial charge on any atom is 0.270 e. The fourth-order valence-electron chi connectivity index (χ4n) is 4.85. The molecule has 0 aliphatic carbocycles. The van der Waals surface area contributed by atoms with E-state index >= 15 is 0 Å². The summed E-state index contributed by atoms with van der Waals surface area (Å²) >= 11 is 6.18. The summed E-state index contributed by atoms with van der Waals surface area (Å²) in [5.41, 5.74) is 4.65. The summed E-state index contributed by atoms with van der Waals surface area (Å²) in [6.07, 6.45) is 4.55. The summed E-state index contributed by atoms with van der Waals surface area (Å²) in [6, 6.07) is 28.1. The Labute approximate surface area is 231 Å². The number of nitro groups is 1. The molecular formula is C31H27ClN4O3. The first-order chi connectivity index (χ1) is 19.0. The lowest BCUT2D eigenvalue weighted by Gasteiger charge is -2.17. The van der Waals surface area contributed by atoms with Crippen molar-refractivity contribution >= 4 is 34.1 Å². The molecule has 0 saturated heterocycles. The molecule has 3 aromatic carbocycles. The Morgan fingerprint density at radius 1 is 1.00 bits per heavy atom. The number of carbonyl (C=O) groups is 1. The molecular weight excluding hydrogens is 512 g/mol. The van der Waals surface area contributed by atoms with Crippen molar-refractivity contribution in [1.82, 2.24) is 14.9 Å². The first kappa shape index (κ1) is 26.1. The number of aromatic nitrogens is 2. The first-order valence-corrected chi connectivity index (χ1v) is 13.1. The summed E-state index contributed by atoms with van der Waals surface area (Å²) in [4.78, 5) is 28.8. The van der Waals surface area contributed by atoms with Gasteiger partial charge in [0.1, 0.15) is 0 Å². The van der Waals surface area contributed by atoms with Crippen LogP contribution in [0.3, 0.4) is 0 Å².